The zero-order valence-electron chi connectivity index (χ0n) is 29.5. The molecule has 0 bridgehead atoms. The van der Waals surface area contributed by atoms with Crippen LogP contribution in [0.25, 0.3) is 22.3 Å². The van der Waals surface area contributed by atoms with E-state index in [-0.39, 0.29) is 19.8 Å². The molecular weight excluding hydrogens is 680 g/mol. The number of pyridine rings is 1. The number of benzene rings is 4. The first-order valence-electron chi connectivity index (χ1n) is 16.6. The minimum absolute atomic E-state index is 0.0266. The standard InChI is InChI=1S/C41H41ClN4O6/c1-25-30(7-5-9-34(25)35-10-6-8-33(26(35)2)29-11-12-37(50-4)31(14-29)18-44)23-52-39-16-38(51-22-28-13-27(17-43)19-45-20-28)32(15-36(39)42)21-46-41(3,24-47)40(48)49/h5-16,19-20,46-47H,18,21-24,44H2,1-4H3,(H,48,49). The molecule has 0 aliphatic carbocycles. The molecule has 5 N–H and O–H groups in total. The number of hydrogen-bond donors (Lipinski definition) is 4. The topological polar surface area (TPSA) is 160 Å². The van der Waals surface area contributed by atoms with E-state index in [9.17, 15) is 20.3 Å². The normalized spacial score (nSPS) is 12.1. The number of carbonyl (C=O) groups is 1. The second-order valence-electron chi connectivity index (χ2n) is 12.6. The maximum atomic E-state index is 11.8. The Hall–Kier alpha value is -5.44. The first kappa shape index (κ1) is 37.8. The molecule has 5 rings (SSSR count). The number of carboxylic acid groups (broad SMARTS) is 1. The summed E-state index contributed by atoms with van der Waals surface area (Å²) in [7, 11) is 1.64. The van der Waals surface area contributed by atoms with Gasteiger partial charge in [-0.2, -0.15) is 5.26 Å². The Morgan fingerprint density at radius 2 is 1.62 bits per heavy atom. The number of aliphatic carboxylic acids is 1. The van der Waals surface area contributed by atoms with Gasteiger partial charge in [-0.25, -0.2) is 0 Å². The number of methoxy groups -OCH3 is 1. The van der Waals surface area contributed by atoms with Crippen LogP contribution < -0.4 is 25.3 Å². The van der Waals surface area contributed by atoms with Crippen molar-refractivity contribution in [3.63, 3.8) is 0 Å². The van der Waals surface area contributed by atoms with Crippen molar-refractivity contribution < 1.29 is 29.2 Å². The molecule has 0 spiro atoms. The fourth-order valence-corrected chi connectivity index (χ4v) is 6.11. The van der Waals surface area contributed by atoms with Gasteiger partial charge >= 0.3 is 5.97 Å². The summed E-state index contributed by atoms with van der Waals surface area (Å²) in [6, 6.07) is 25.5. The molecule has 1 aromatic heterocycles. The van der Waals surface area contributed by atoms with Crippen LogP contribution in [0, 0.1) is 25.2 Å². The zero-order chi connectivity index (χ0) is 37.4. The highest BCUT2D eigenvalue weighted by atomic mass is 35.5. The molecule has 0 radical (unpaired) electrons. The van der Waals surface area contributed by atoms with Crippen LogP contribution in [0.4, 0.5) is 0 Å². The third-order valence-electron chi connectivity index (χ3n) is 9.16. The van der Waals surface area contributed by atoms with Crippen molar-refractivity contribution in [1.82, 2.24) is 10.3 Å². The third-order valence-corrected chi connectivity index (χ3v) is 9.45. The summed E-state index contributed by atoms with van der Waals surface area (Å²) in [5, 5.41) is 31.9. The molecule has 5 aromatic rings. The Labute approximate surface area is 308 Å². The number of aliphatic hydroxyl groups is 1. The molecule has 0 aliphatic heterocycles. The lowest BCUT2D eigenvalue weighted by Crippen LogP contribution is -2.52. The summed E-state index contributed by atoms with van der Waals surface area (Å²) < 4.78 is 18.0. The fourth-order valence-electron chi connectivity index (χ4n) is 5.87. The average Bonchev–Trinajstić information content (AvgIpc) is 3.16. The van der Waals surface area contributed by atoms with Crippen LogP contribution in [0.3, 0.4) is 0 Å². The lowest BCUT2D eigenvalue weighted by molar-refractivity contribution is -0.145. The van der Waals surface area contributed by atoms with Gasteiger partial charge in [-0.1, -0.05) is 54.1 Å². The first-order chi connectivity index (χ1) is 25.0. The maximum Gasteiger partial charge on any atom is 0.326 e. The van der Waals surface area contributed by atoms with Crippen molar-refractivity contribution in [1.29, 1.82) is 5.26 Å². The molecule has 1 heterocycles. The van der Waals surface area contributed by atoms with Gasteiger partial charge in [0.15, 0.2) is 0 Å². The van der Waals surface area contributed by atoms with Crippen molar-refractivity contribution in [2.24, 2.45) is 5.73 Å². The summed E-state index contributed by atoms with van der Waals surface area (Å²) in [6.07, 6.45) is 3.06. The van der Waals surface area contributed by atoms with Gasteiger partial charge in [0.2, 0.25) is 0 Å². The third kappa shape index (κ3) is 8.36. The van der Waals surface area contributed by atoms with Crippen LogP contribution in [0.5, 0.6) is 17.2 Å². The highest BCUT2D eigenvalue weighted by Crippen LogP contribution is 2.37. The van der Waals surface area contributed by atoms with Crippen LogP contribution in [0.2, 0.25) is 5.02 Å². The zero-order valence-corrected chi connectivity index (χ0v) is 30.3. The lowest BCUT2D eigenvalue weighted by atomic mass is 9.89. The second kappa shape index (κ2) is 16.7. The minimum Gasteiger partial charge on any atom is -0.496 e. The van der Waals surface area contributed by atoms with Crippen molar-refractivity contribution >= 4 is 17.6 Å². The van der Waals surface area contributed by atoms with Gasteiger partial charge < -0.3 is 30.2 Å². The highest BCUT2D eigenvalue weighted by Gasteiger charge is 2.32. The van der Waals surface area contributed by atoms with Gasteiger partial charge in [0.1, 0.15) is 42.1 Å². The number of nitrogens with two attached hydrogens (primary N) is 1. The van der Waals surface area contributed by atoms with Crippen LogP contribution in [0.1, 0.15) is 45.9 Å². The number of ether oxygens (including phenoxy) is 3. The smallest absolute Gasteiger partial charge is 0.326 e. The number of nitrogens with one attached hydrogen (secondary N) is 1. The number of nitriles is 1. The Morgan fingerprint density at radius 3 is 2.31 bits per heavy atom. The highest BCUT2D eigenvalue weighted by molar-refractivity contribution is 6.32. The Kier molecular flexibility index (Phi) is 12.2. The van der Waals surface area contributed by atoms with Crippen molar-refractivity contribution in [2.75, 3.05) is 13.7 Å². The van der Waals surface area contributed by atoms with Gasteiger partial charge in [0.25, 0.3) is 0 Å². The number of aliphatic hydroxyl groups excluding tert-OH is 1. The lowest BCUT2D eigenvalue weighted by Gasteiger charge is -2.25. The summed E-state index contributed by atoms with van der Waals surface area (Å²) in [5.41, 5.74) is 14.4. The summed E-state index contributed by atoms with van der Waals surface area (Å²) in [5.74, 6) is 0.308. The van der Waals surface area contributed by atoms with E-state index in [4.69, 9.17) is 31.5 Å². The van der Waals surface area contributed by atoms with Crippen LogP contribution >= 0.6 is 11.6 Å². The molecule has 0 saturated carbocycles. The first-order valence-corrected chi connectivity index (χ1v) is 17.0. The van der Waals surface area contributed by atoms with E-state index in [2.05, 4.69) is 60.5 Å². The van der Waals surface area contributed by atoms with E-state index in [1.807, 2.05) is 24.3 Å². The fraction of sp³-hybridized carbons (Fsp3) is 0.244. The molecule has 0 saturated heterocycles. The summed E-state index contributed by atoms with van der Waals surface area (Å²) in [6.45, 7) is 5.63. The number of nitrogens with zero attached hydrogens (tertiary/aromatic N) is 2. The van der Waals surface area contributed by atoms with Gasteiger partial charge in [0.05, 0.1) is 24.3 Å². The van der Waals surface area contributed by atoms with E-state index in [0.717, 1.165) is 50.3 Å². The van der Waals surface area contributed by atoms with Crippen LogP contribution in [-0.2, 0) is 31.1 Å². The molecule has 52 heavy (non-hydrogen) atoms. The van der Waals surface area contributed by atoms with Crippen molar-refractivity contribution in [3.05, 3.63) is 129 Å². The number of carboxylic acids is 1. The van der Waals surface area contributed by atoms with Crippen LogP contribution in [-0.4, -0.2) is 40.4 Å². The van der Waals surface area contributed by atoms with Crippen LogP contribution in [0.15, 0.2) is 85.2 Å². The SMILES string of the molecule is COc1ccc(-c2cccc(-c3cccc(COc4cc(OCc5cncc(C#N)c5)c(CNC(C)(CO)C(=O)O)cc4Cl)c3C)c2C)cc1CN. The number of rotatable bonds is 15. The number of aromatic nitrogens is 1. The predicted molar refractivity (Wildman–Crippen MR) is 200 cm³/mol. The van der Waals surface area contributed by atoms with Gasteiger partial charge in [-0.15, -0.1) is 0 Å². The maximum absolute atomic E-state index is 11.8. The Morgan fingerprint density at radius 1 is 0.904 bits per heavy atom. The quantitative estimate of drug-likeness (QED) is 0.0878. The van der Waals surface area contributed by atoms with E-state index in [1.165, 1.54) is 13.1 Å². The Balaban J connectivity index is 1.42. The molecule has 0 aliphatic rings. The Bertz CT molecular complexity index is 2130. The average molecular weight is 721 g/mol. The number of halogens is 1. The molecule has 1 atom stereocenters. The molecule has 11 heteroatoms. The predicted octanol–water partition coefficient (Wildman–Crippen LogP) is 7.11. The molecule has 10 nitrogen and oxygen atoms in total. The van der Waals surface area contributed by atoms with E-state index in [1.54, 1.807) is 31.5 Å². The summed E-state index contributed by atoms with van der Waals surface area (Å²) in [4.78, 5) is 15.9. The molecule has 268 valence electrons. The molecular formula is C41H41ClN4O6. The van der Waals surface area contributed by atoms with E-state index in [0.29, 0.717) is 39.8 Å². The monoisotopic (exact) mass is 720 g/mol. The molecule has 0 fully saturated rings. The van der Waals surface area contributed by atoms with Gasteiger partial charge in [-0.05, 0) is 84.0 Å². The van der Waals surface area contributed by atoms with Gasteiger partial charge in [-0.3, -0.25) is 15.1 Å². The van der Waals surface area contributed by atoms with E-state index >= 15 is 0 Å². The second-order valence-corrected chi connectivity index (χ2v) is 13.0. The number of hydrogen-bond acceptors (Lipinski definition) is 9. The molecule has 0 amide bonds. The van der Waals surface area contributed by atoms with Gasteiger partial charge in [0, 0.05) is 48.2 Å². The largest absolute Gasteiger partial charge is 0.496 e. The molecule has 1 unspecified atom stereocenters. The van der Waals surface area contributed by atoms with E-state index < -0.39 is 18.1 Å². The summed E-state index contributed by atoms with van der Waals surface area (Å²) >= 11 is 6.74. The van der Waals surface area contributed by atoms with Crippen molar-refractivity contribution in [2.45, 2.75) is 52.6 Å². The molecule has 4 aromatic carbocycles. The van der Waals surface area contributed by atoms with Crippen molar-refractivity contribution in [3.8, 4) is 45.6 Å². The minimum atomic E-state index is -1.59.